The van der Waals surface area contributed by atoms with Gasteiger partial charge in [-0.2, -0.15) is 0 Å². The normalized spacial score (nSPS) is 11.5. The summed E-state index contributed by atoms with van der Waals surface area (Å²) in [6, 6.07) is 66.5. The monoisotopic (exact) mass is 582 g/mol. The maximum absolute atomic E-state index is 2.38. The third-order valence-electron chi connectivity index (χ3n) is 9.47. The van der Waals surface area contributed by atoms with E-state index in [9.17, 15) is 0 Å². The Morgan fingerprint density at radius 2 is 0.652 bits per heavy atom. The largest absolute Gasteiger partial charge is 0.0622 e. The van der Waals surface area contributed by atoms with Crippen LogP contribution in [0.3, 0.4) is 0 Å². The number of hydrogen-bond donors (Lipinski definition) is 0. The summed E-state index contributed by atoms with van der Waals surface area (Å²) in [6.07, 6.45) is 0. The first-order valence-electron chi connectivity index (χ1n) is 15.9. The number of fused-ring (bicyclic) bond motifs is 5. The van der Waals surface area contributed by atoms with Crippen molar-refractivity contribution in [2.75, 3.05) is 0 Å². The highest BCUT2D eigenvalue weighted by Gasteiger charge is 2.20. The van der Waals surface area contributed by atoms with Crippen LogP contribution in [-0.4, -0.2) is 0 Å². The van der Waals surface area contributed by atoms with Crippen LogP contribution < -0.4 is 0 Å². The molecule has 46 heavy (non-hydrogen) atoms. The van der Waals surface area contributed by atoms with Gasteiger partial charge in [0, 0.05) is 0 Å². The van der Waals surface area contributed by atoms with E-state index in [-0.39, 0.29) is 0 Å². The summed E-state index contributed by atoms with van der Waals surface area (Å²) in [5.41, 5.74) is 10.0. The van der Waals surface area contributed by atoms with Gasteiger partial charge in [-0.1, -0.05) is 176 Å². The van der Waals surface area contributed by atoms with Crippen LogP contribution in [-0.2, 0) is 0 Å². The lowest BCUT2D eigenvalue weighted by Gasteiger charge is -2.20. The van der Waals surface area contributed by atoms with Crippen LogP contribution in [0.2, 0.25) is 0 Å². The molecular formula is C46H30. The molecule has 9 aromatic carbocycles. The van der Waals surface area contributed by atoms with E-state index in [2.05, 4.69) is 182 Å². The molecule has 0 N–H and O–H groups in total. The molecule has 0 nitrogen and oxygen atoms in total. The van der Waals surface area contributed by atoms with Crippen LogP contribution in [0.15, 0.2) is 182 Å². The van der Waals surface area contributed by atoms with Crippen molar-refractivity contribution >= 4 is 43.1 Å². The molecule has 0 aliphatic carbocycles. The third-order valence-corrected chi connectivity index (χ3v) is 9.47. The minimum Gasteiger partial charge on any atom is -0.0622 e. The van der Waals surface area contributed by atoms with E-state index in [4.69, 9.17) is 0 Å². The predicted molar refractivity (Wildman–Crippen MR) is 198 cm³/mol. The Morgan fingerprint density at radius 3 is 1.30 bits per heavy atom. The second kappa shape index (κ2) is 10.9. The molecule has 0 amide bonds. The van der Waals surface area contributed by atoms with Gasteiger partial charge in [0.25, 0.3) is 0 Å². The minimum atomic E-state index is 1.23. The number of rotatable bonds is 4. The lowest BCUT2D eigenvalue weighted by atomic mass is 9.83. The molecule has 0 aromatic heterocycles. The van der Waals surface area contributed by atoms with Crippen LogP contribution in [0.25, 0.3) is 87.6 Å². The highest BCUT2D eigenvalue weighted by Crippen LogP contribution is 2.47. The standard InChI is InChI=1S/C46H30/c1-2-14-31(15-3-1)32-26-28-33(29-27-32)45-40-22-10-12-24-42(40)46(43-25-13-11-23-41(43)45)39-21-9-8-20-38(39)44-30-34-16-4-5-17-35(34)36-18-6-7-19-37(36)44/h1-30H. The van der Waals surface area contributed by atoms with E-state index in [1.165, 1.54) is 87.6 Å². The summed E-state index contributed by atoms with van der Waals surface area (Å²) in [7, 11) is 0. The van der Waals surface area contributed by atoms with Gasteiger partial charge in [0.2, 0.25) is 0 Å². The van der Waals surface area contributed by atoms with E-state index in [0.717, 1.165) is 0 Å². The molecule has 0 saturated heterocycles. The van der Waals surface area contributed by atoms with Gasteiger partial charge < -0.3 is 0 Å². The zero-order valence-electron chi connectivity index (χ0n) is 25.3. The van der Waals surface area contributed by atoms with E-state index in [0.29, 0.717) is 0 Å². The highest BCUT2D eigenvalue weighted by atomic mass is 14.2. The molecule has 0 radical (unpaired) electrons. The van der Waals surface area contributed by atoms with Crippen molar-refractivity contribution in [2.45, 2.75) is 0 Å². The van der Waals surface area contributed by atoms with Crippen molar-refractivity contribution in [3.63, 3.8) is 0 Å². The topological polar surface area (TPSA) is 0 Å². The first-order valence-corrected chi connectivity index (χ1v) is 15.9. The van der Waals surface area contributed by atoms with Gasteiger partial charge in [0.1, 0.15) is 0 Å². The molecule has 0 aliphatic rings. The van der Waals surface area contributed by atoms with Crippen LogP contribution in [0, 0.1) is 0 Å². The fraction of sp³-hybridized carbons (Fsp3) is 0. The molecule has 0 saturated carbocycles. The van der Waals surface area contributed by atoms with E-state index in [1.807, 2.05) is 0 Å². The summed E-state index contributed by atoms with van der Waals surface area (Å²) in [5.74, 6) is 0. The van der Waals surface area contributed by atoms with Gasteiger partial charge in [-0.05, 0) is 93.7 Å². The molecule has 0 atom stereocenters. The smallest absolute Gasteiger partial charge is 0.00201 e. The Kier molecular flexibility index (Phi) is 6.25. The van der Waals surface area contributed by atoms with Gasteiger partial charge in [-0.25, -0.2) is 0 Å². The lowest BCUT2D eigenvalue weighted by molar-refractivity contribution is 1.61. The molecule has 0 bridgehead atoms. The van der Waals surface area contributed by atoms with Crippen LogP contribution in [0.4, 0.5) is 0 Å². The Bertz CT molecular complexity index is 2500. The van der Waals surface area contributed by atoms with Gasteiger partial charge in [0.15, 0.2) is 0 Å². The van der Waals surface area contributed by atoms with E-state index >= 15 is 0 Å². The van der Waals surface area contributed by atoms with Gasteiger partial charge in [-0.3, -0.25) is 0 Å². The van der Waals surface area contributed by atoms with Crippen molar-refractivity contribution in [1.82, 2.24) is 0 Å². The summed E-state index contributed by atoms with van der Waals surface area (Å²) in [4.78, 5) is 0. The Hall–Kier alpha value is -5.98. The summed E-state index contributed by atoms with van der Waals surface area (Å²) < 4.78 is 0. The maximum Gasteiger partial charge on any atom is -0.00201 e. The molecule has 214 valence electrons. The number of benzene rings is 9. The number of hydrogen-bond acceptors (Lipinski definition) is 0. The molecule has 0 heteroatoms. The molecule has 9 aromatic rings. The van der Waals surface area contributed by atoms with Crippen LogP contribution in [0.1, 0.15) is 0 Å². The summed E-state index contributed by atoms with van der Waals surface area (Å²) in [5, 5.41) is 10.2. The van der Waals surface area contributed by atoms with E-state index in [1.54, 1.807) is 0 Å². The minimum absolute atomic E-state index is 1.23. The third kappa shape index (κ3) is 4.23. The molecular weight excluding hydrogens is 553 g/mol. The van der Waals surface area contributed by atoms with Crippen LogP contribution >= 0.6 is 0 Å². The first kappa shape index (κ1) is 26.4. The van der Waals surface area contributed by atoms with Crippen molar-refractivity contribution in [1.29, 1.82) is 0 Å². The fourth-order valence-electron chi connectivity index (χ4n) is 7.40. The van der Waals surface area contributed by atoms with Crippen LogP contribution in [0.5, 0.6) is 0 Å². The lowest BCUT2D eigenvalue weighted by Crippen LogP contribution is -1.93. The van der Waals surface area contributed by atoms with Crippen molar-refractivity contribution in [3.8, 4) is 44.5 Å². The summed E-state index contributed by atoms with van der Waals surface area (Å²) >= 11 is 0. The SMILES string of the molecule is c1ccc(-c2ccc(-c3c4ccccc4c(-c4ccccc4-c4cc5ccccc5c5ccccc45)c4ccccc34)cc2)cc1. The highest BCUT2D eigenvalue weighted by molar-refractivity contribution is 6.23. The zero-order valence-corrected chi connectivity index (χ0v) is 25.3. The Morgan fingerprint density at radius 1 is 0.217 bits per heavy atom. The summed E-state index contributed by atoms with van der Waals surface area (Å²) in [6.45, 7) is 0. The second-order valence-electron chi connectivity index (χ2n) is 12.0. The Labute approximate surface area is 268 Å². The molecule has 9 rings (SSSR count). The van der Waals surface area contributed by atoms with Crippen molar-refractivity contribution < 1.29 is 0 Å². The molecule has 0 fully saturated rings. The fourth-order valence-corrected chi connectivity index (χ4v) is 7.40. The molecule has 0 spiro atoms. The maximum atomic E-state index is 2.38. The van der Waals surface area contributed by atoms with Gasteiger partial charge in [0.05, 0.1) is 0 Å². The van der Waals surface area contributed by atoms with Gasteiger partial charge >= 0.3 is 0 Å². The average molecular weight is 583 g/mol. The zero-order chi connectivity index (χ0) is 30.5. The molecule has 0 unspecified atom stereocenters. The molecule has 0 heterocycles. The van der Waals surface area contributed by atoms with Gasteiger partial charge in [-0.15, -0.1) is 0 Å². The van der Waals surface area contributed by atoms with Crippen molar-refractivity contribution in [3.05, 3.63) is 182 Å². The quantitative estimate of drug-likeness (QED) is 0.143. The van der Waals surface area contributed by atoms with E-state index < -0.39 is 0 Å². The Balaban J connectivity index is 1.33. The first-order chi connectivity index (χ1) is 22.8. The molecule has 0 aliphatic heterocycles. The van der Waals surface area contributed by atoms with Crippen molar-refractivity contribution in [2.24, 2.45) is 0 Å². The predicted octanol–water partition coefficient (Wildman–Crippen LogP) is 13.0. The average Bonchev–Trinajstić information content (AvgIpc) is 3.14. The second-order valence-corrected chi connectivity index (χ2v) is 12.0.